The van der Waals surface area contributed by atoms with Gasteiger partial charge in [0.15, 0.2) is 15.8 Å². The van der Waals surface area contributed by atoms with E-state index in [9.17, 15) is 8.42 Å². The zero-order chi connectivity index (χ0) is 19.3. The van der Waals surface area contributed by atoms with Gasteiger partial charge in [0, 0.05) is 26.4 Å². The van der Waals surface area contributed by atoms with Crippen LogP contribution in [0.1, 0.15) is 23.5 Å². The molecule has 0 bridgehead atoms. The van der Waals surface area contributed by atoms with Crippen molar-refractivity contribution in [2.45, 2.75) is 23.7 Å². The maximum Gasteiger partial charge on any atom is 0.190 e. The fraction of sp³-hybridized carbons (Fsp3) is 0.381. The molecule has 1 saturated carbocycles. The average Bonchev–Trinajstić information content (AvgIpc) is 3.44. The van der Waals surface area contributed by atoms with Crippen molar-refractivity contribution >= 4 is 15.8 Å². The predicted molar refractivity (Wildman–Crippen MR) is 110 cm³/mol. The Morgan fingerprint density at radius 2 is 1.78 bits per heavy atom. The number of guanidine groups is 1. The van der Waals surface area contributed by atoms with Gasteiger partial charge in [-0.1, -0.05) is 42.5 Å². The molecule has 0 spiro atoms. The van der Waals surface area contributed by atoms with Crippen molar-refractivity contribution in [1.29, 1.82) is 0 Å². The van der Waals surface area contributed by atoms with Gasteiger partial charge in [-0.15, -0.1) is 0 Å². The van der Waals surface area contributed by atoms with E-state index in [4.69, 9.17) is 0 Å². The number of nitrogens with one attached hydrogen (secondary N) is 2. The molecule has 0 saturated heterocycles. The monoisotopic (exact) mass is 385 g/mol. The lowest BCUT2D eigenvalue weighted by Gasteiger charge is -2.12. The van der Waals surface area contributed by atoms with Gasteiger partial charge in [-0.2, -0.15) is 0 Å². The van der Waals surface area contributed by atoms with Crippen LogP contribution in [0, 0.1) is 5.92 Å². The summed E-state index contributed by atoms with van der Waals surface area (Å²) in [5.41, 5.74) is 2.52. The maximum absolute atomic E-state index is 11.5. The first kappa shape index (κ1) is 19.4. The number of hydrogen-bond acceptors (Lipinski definition) is 3. The fourth-order valence-corrected chi connectivity index (χ4v) is 3.89. The lowest BCUT2D eigenvalue weighted by atomic mass is 10.1. The molecule has 27 heavy (non-hydrogen) atoms. The van der Waals surface area contributed by atoms with Gasteiger partial charge in [-0.25, -0.2) is 8.42 Å². The van der Waals surface area contributed by atoms with Gasteiger partial charge in [0.25, 0.3) is 0 Å². The average molecular weight is 386 g/mol. The minimum Gasteiger partial charge on any atom is -0.356 e. The highest BCUT2D eigenvalue weighted by Gasteiger charge is 2.37. The molecule has 1 aliphatic carbocycles. The van der Waals surface area contributed by atoms with E-state index in [0.717, 1.165) is 31.0 Å². The molecule has 2 unspecified atom stereocenters. The van der Waals surface area contributed by atoms with Crippen molar-refractivity contribution in [3.63, 3.8) is 0 Å². The van der Waals surface area contributed by atoms with Crippen LogP contribution in [0.4, 0.5) is 0 Å². The number of rotatable bonds is 7. The van der Waals surface area contributed by atoms with E-state index < -0.39 is 9.84 Å². The second kappa shape index (κ2) is 8.57. The van der Waals surface area contributed by atoms with Crippen LogP contribution in [-0.4, -0.2) is 40.8 Å². The maximum atomic E-state index is 11.5. The van der Waals surface area contributed by atoms with Crippen molar-refractivity contribution in [1.82, 2.24) is 10.6 Å². The summed E-state index contributed by atoms with van der Waals surface area (Å²) in [6, 6.07) is 17.7. The van der Waals surface area contributed by atoms with Crippen molar-refractivity contribution in [3.05, 3.63) is 65.7 Å². The standard InChI is InChI=1S/C21H27N3O2S/c1-22-21(24-15-18-14-20(18)17-6-4-3-5-7-17)23-13-12-16-8-10-19(11-9-16)27(2,25)26/h3-11,18,20H,12-15H2,1-2H3,(H2,22,23,24). The molecule has 0 aromatic heterocycles. The summed E-state index contributed by atoms with van der Waals surface area (Å²) in [5.74, 6) is 2.13. The number of hydrogen-bond donors (Lipinski definition) is 2. The highest BCUT2D eigenvalue weighted by atomic mass is 32.2. The summed E-state index contributed by atoms with van der Waals surface area (Å²) in [6.07, 6.45) is 3.25. The summed E-state index contributed by atoms with van der Waals surface area (Å²) in [6.45, 7) is 1.66. The molecule has 1 fully saturated rings. The predicted octanol–water partition coefficient (Wildman–Crippen LogP) is 2.60. The first-order valence-electron chi connectivity index (χ1n) is 9.26. The molecule has 0 aliphatic heterocycles. The highest BCUT2D eigenvalue weighted by Crippen LogP contribution is 2.46. The van der Waals surface area contributed by atoms with Crippen LogP contribution < -0.4 is 10.6 Å². The Morgan fingerprint density at radius 3 is 2.41 bits per heavy atom. The van der Waals surface area contributed by atoms with Crippen LogP contribution in [0.5, 0.6) is 0 Å². The number of nitrogens with zero attached hydrogens (tertiary/aromatic N) is 1. The van der Waals surface area contributed by atoms with Gasteiger partial charge in [-0.05, 0) is 47.9 Å². The van der Waals surface area contributed by atoms with Gasteiger partial charge in [0.1, 0.15) is 0 Å². The smallest absolute Gasteiger partial charge is 0.190 e. The topological polar surface area (TPSA) is 70.6 Å². The molecule has 0 amide bonds. The van der Waals surface area contributed by atoms with Crippen LogP contribution in [0.25, 0.3) is 0 Å². The van der Waals surface area contributed by atoms with Crippen LogP contribution in [0.15, 0.2) is 64.5 Å². The third-order valence-corrected chi connectivity index (χ3v) is 6.09. The van der Waals surface area contributed by atoms with E-state index in [0.29, 0.717) is 16.7 Å². The zero-order valence-electron chi connectivity index (χ0n) is 15.9. The minimum atomic E-state index is -3.14. The van der Waals surface area contributed by atoms with Crippen molar-refractivity contribution in [2.24, 2.45) is 10.9 Å². The lowest BCUT2D eigenvalue weighted by molar-refractivity contribution is 0.602. The molecule has 0 heterocycles. The van der Waals surface area contributed by atoms with Crippen molar-refractivity contribution < 1.29 is 8.42 Å². The Labute approximate surface area is 161 Å². The number of sulfone groups is 1. The second-order valence-electron chi connectivity index (χ2n) is 7.06. The molecule has 6 heteroatoms. The normalized spacial score (nSPS) is 19.6. The molecule has 2 N–H and O–H groups in total. The van der Waals surface area contributed by atoms with Gasteiger partial charge < -0.3 is 10.6 Å². The zero-order valence-corrected chi connectivity index (χ0v) is 16.7. The summed E-state index contributed by atoms with van der Waals surface area (Å²) < 4.78 is 23.0. The van der Waals surface area contributed by atoms with Crippen molar-refractivity contribution in [3.8, 4) is 0 Å². The molecule has 144 valence electrons. The first-order valence-corrected chi connectivity index (χ1v) is 11.1. The van der Waals surface area contributed by atoms with E-state index in [2.05, 4.69) is 46.0 Å². The SMILES string of the molecule is CN=C(NCCc1ccc(S(C)(=O)=O)cc1)NCC1CC1c1ccccc1. The summed E-state index contributed by atoms with van der Waals surface area (Å²) in [5, 5.41) is 6.73. The molecule has 0 radical (unpaired) electrons. The molecular weight excluding hydrogens is 358 g/mol. The molecule has 2 aromatic carbocycles. The number of benzene rings is 2. The molecule has 1 aliphatic rings. The Morgan fingerprint density at radius 1 is 1.07 bits per heavy atom. The van der Waals surface area contributed by atoms with Gasteiger partial charge in [0.2, 0.25) is 0 Å². The van der Waals surface area contributed by atoms with E-state index in [1.54, 1.807) is 19.2 Å². The Balaban J connectivity index is 1.40. The van der Waals surface area contributed by atoms with Crippen LogP contribution in [-0.2, 0) is 16.3 Å². The molecular formula is C21H27N3O2S. The van der Waals surface area contributed by atoms with Gasteiger partial charge in [0.05, 0.1) is 4.90 Å². The fourth-order valence-electron chi connectivity index (χ4n) is 3.26. The third kappa shape index (κ3) is 5.57. The minimum absolute atomic E-state index is 0.356. The van der Waals surface area contributed by atoms with Crippen LogP contribution >= 0.6 is 0 Å². The van der Waals surface area contributed by atoms with E-state index >= 15 is 0 Å². The Kier molecular flexibility index (Phi) is 6.16. The summed E-state index contributed by atoms with van der Waals surface area (Å²) in [4.78, 5) is 4.63. The largest absolute Gasteiger partial charge is 0.356 e. The lowest BCUT2D eigenvalue weighted by Crippen LogP contribution is -2.39. The van der Waals surface area contributed by atoms with E-state index in [-0.39, 0.29) is 0 Å². The molecule has 2 aromatic rings. The molecule has 2 atom stereocenters. The summed E-state index contributed by atoms with van der Waals surface area (Å²) >= 11 is 0. The number of aliphatic imine (C=N–C) groups is 1. The van der Waals surface area contributed by atoms with Crippen LogP contribution in [0.2, 0.25) is 0 Å². The van der Waals surface area contributed by atoms with Crippen molar-refractivity contribution in [2.75, 3.05) is 26.4 Å². The van der Waals surface area contributed by atoms with E-state index in [1.165, 1.54) is 18.2 Å². The quantitative estimate of drug-likeness (QED) is 0.568. The Hall–Kier alpha value is -2.34. The third-order valence-electron chi connectivity index (χ3n) is 4.96. The Bertz CT molecular complexity index is 877. The van der Waals surface area contributed by atoms with Gasteiger partial charge in [-0.3, -0.25) is 4.99 Å². The second-order valence-corrected chi connectivity index (χ2v) is 9.07. The van der Waals surface area contributed by atoms with Gasteiger partial charge >= 0.3 is 0 Å². The molecule has 3 rings (SSSR count). The summed E-state index contributed by atoms with van der Waals surface area (Å²) in [7, 11) is -1.36. The molecule has 5 nitrogen and oxygen atoms in total. The van der Waals surface area contributed by atoms with Crippen LogP contribution in [0.3, 0.4) is 0 Å². The first-order chi connectivity index (χ1) is 13.0. The highest BCUT2D eigenvalue weighted by molar-refractivity contribution is 7.90. The van der Waals surface area contributed by atoms with E-state index in [1.807, 2.05) is 12.1 Å².